The Morgan fingerprint density at radius 1 is 1.00 bits per heavy atom. The van der Waals surface area contributed by atoms with E-state index in [0.29, 0.717) is 22.6 Å². The smallest absolute Gasteiger partial charge is 0.262 e. The van der Waals surface area contributed by atoms with Crippen molar-refractivity contribution in [3.05, 3.63) is 70.5 Å². The molecule has 1 unspecified atom stereocenters. The average Bonchev–Trinajstić information content (AvgIpc) is 3.11. The molecule has 1 fully saturated rings. The predicted octanol–water partition coefficient (Wildman–Crippen LogP) is 4.91. The molecule has 2 heterocycles. The largest absolute Gasteiger partial charge is 0.342 e. The van der Waals surface area contributed by atoms with Crippen LogP contribution in [0.15, 0.2) is 64.5 Å². The van der Waals surface area contributed by atoms with Crippen LogP contribution in [-0.2, 0) is 17.8 Å². The van der Waals surface area contributed by atoms with Crippen LogP contribution in [-0.4, -0.2) is 38.7 Å². The molecule has 0 saturated carbocycles. The van der Waals surface area contributed by atoms with Crippen LogP contribution in [0.2, 0.25) is 0 Å². The van der Waals surface area contributed by atoms with Crippen molar-refractivity contribution in [2.45, 2.75) is 62.4 Å². The Balaban J connectivity index is 1.56. The first kappa shape index (κ1) is 22.6. The number of thioether (sulfide) groups is 1. The molecule has 3 aromatic rings. The van der Waals surface area contributed by atoms with Gasteiger partial charge in [0.2, 0.25) is 5.91 Å². The fourth-order valence-corrected chi connectivity index (χ4v) is 5.30. The Bertz CT molecular complexity index is 1110. The van der Waals surface area contributed by atoms with E-state index in [1.165, 1.54) is 30.2 Å². The van der Waals surface area contributed by atoms with Gasteiger partial charge in [0.1, 0.15) is 0 Å². The van der Waals surface area contributed by atoms with E-state index < -0.39 is 0 Å². The maximum atomic E-state index is 13.3. The Hall–Kier alpha value is -2.60. The van der Waals surface area contributed by atoms with Gasteiger partial charge < -0.3 is 4.90 Å². The number of carbonyl (C=O) groups is 1. The predicted molar refractivity (Wildman–Crippen MR) is 131 cm³/mol. The molecule has 0 spiro atoms. The fourth-order valence-electron chi connectivity index (χ4n) is 4.28. The van der Waals surface area contributed by atoms with Crippen LogP contribution in [0.5, 0.6) is 0 Å². The van der Waals surface area contributed by atoms with Crippen LogP contribution in [0.1, 0.15) is 44.6 Å². The summed E-state index contributed by atoms with van der Waals surface area (Å²) < 4.78 is 1.77. The summed E-state index contributed by atoms with van der Waals surface area (Å²) in [4.78, 5) is 33.2. The zero-order valence-electron chi connectivity index (χ0n) is 18.7. The molecule has 32 heavy (non-hydrogen) atoms. The molecule has 4 rings (SSSR count). The lowest BCUT2D eigenvalue weighted by Gasteiger charge is -2.24. The number of hydrogen-bond acceptors (Lipinski definition) is 4. The minimum absolute atomic E-state index is 0.0272. The van der Waals surface area contributed by atoms with E-state index in [9.17, 15) is 9.59 Å². The van der Waals surface area contributed by atoms with Gasteiger partial charge in [-0.3, -0.25) is 14.2 Å². The molecule has 168 valence electrons. The highest BCUT2D eigenvalue weighted by Gasteiger charge is 2.24. The van der Waals surface area contributed by atoms with Gasteiger partial charge >= 0.3 is 0 Å². The number of hydrogen-bond donors (Lipinski definition) is 0. The van der Waals surface area contributed by atoms with E-state index in [2.05, 4.69) is 12.1 Å². The molecule has 0 N–H and O–H groups in total. The van der Waals surface area contributed by atoms with Crippen LogP contribution in [0, 0.1) is 0 Å². The van der Waals surface area contributed by atoms with E-state index in [1.807, 2.05) is 54.3 Å². The normalized spacial score (nSPS) is 15.5. The van der Waals surface area contributed by atoms with Crippen LogP contribution in [0.25, 0.3) is 10.9 Å². The Morgan fingerprint density at radius 2 is 1.69 bits per heavy atom. The summed E-state index contributed by atoms with van der Waals surface area (Å²) in [5, 5.41) is 0.988. The molecular formula is C26H31N3O2S. The highest BCUT2D eigenvalue weighted by atomic mass is 32.2. The molecule has 0 aliphatic carbocycles. The summed E-state index contributed by atoms with van der Waals surface area (Å²) in [6.45, 7) is 4.18. The number of fused-ring (bicyclic) bond motifs is 1. The number of benzene rings is 2. The van der Waals surface area contributed by atoms with Gasteiger partial charge in [-0.15, -0.1) is 0 Å². The number of para-hydroxylation sites is 1. The van der Waals surface area contributed by atoms with Gasteiger partial charge in [0, 0.05) is 19.6 Å². The second-order valence-corrected chi connectivity index (χ2v) is 9.77. The number of nitrogens with zero attached hydrogens (tertiary/aromatic N) is 3. The van der Waals surface area contributed by atoms with Gasteiger partial charge in [-0.05, 0) is 50.3 Å². The molecule has 6 heteroatoms. The van der Waals surface area contributed by atoms with Crippen LogP contribution in [0.3, 0.4) is 0 Å². The van der Waals surface area contributed by atoms with Gasteiger partial charge in [-0.25, -0.2) is 4.98 Å². The molecule has 1 saturated heterocycles. The van der Waals surface area contributed by atoms with Crippen LogP contribution < -0.4 is 5.56 Å². The number of likely N-dealkylation sites (tertiary alicyclic amines) is 1. The fraction of sp³-hybridized carbons (Fsp3) is 0.423. The number of aryl methyl sites for hydroxylation is 1. The topological polar surface area (TPSA) is 55.2 Å². The number of carbonyl (C=O) groups excluding carboxylic acids is 1. The third kappa shape index (κ3) is 5.41. The van der Waals surface area contributed by atoms with Gasteiger partial charge in [-0.2, -0.15) is 0 Å². The Kier molecular flexibility index (Phi) is 7.63. The lowest BCUT2D eigenvalue weighted by Crippen LogP contribution is -2.37. The number of aromatic nitrogens is 2. The summed E-state index contributed by atoms with van der Waals surface area (Å²) in [5.74, 6) is 0.148. The molecule has 1 aliphatic rings. The van der Waals surface area contributed by atoms with Gasteiger partial charge in [0.05, 0.1) is 16.2 Å². The standard InChI is InChI=1S/C26H31N3O2S/c1-20(24(30)28-17-9-2-3-10-18-28)32-26-27-23-16-8-7-15-22(23)25(31)29(26)19-11-14-21-12-5-4-6-13-21/h4-8,12-13,15-16,20H,2-3,9-11,14,17-19H2,1H3. The van der Waals surface area contributed by atoms with Crippen LogP contribution >= 0.6 is 11.8 Å². The minimum Gasteiger partial charge on any atom is -0.342 e. The minimum atomic E-state index is -0.276. The molecule has 1 amide bonds. The van der Waals surface area contributed by atoms with Crippen molar-refractivity contribution in [3.63, 3.8) is 0 Å². The van der Waals surface area contributed by atoms with Gasteiger partial charge in [0.15, 0.2) is 5.16 Å². The zero-order chi connectivity index (χ0) is 22.3. The SMILES string of the molecule is CC(Sc1nc2ccccc2c(=O)n1CCCc1ccccc1)C(=O)N1CCCCCC1. The van der Waals surface area contributed by atoms with E-state index in [4.69, 9.17) is 4.98 Å². The summed E-state index contributed by atoms with van der Waals surface area (Å²) in [6, 6.07) is 17.8. The molecule has 1 atom stereocenters. The highest BCUT2D eigenvalue weighted by molar-refractivity contribution is 8.00. The lowest BCUT2D eigenvalue weighted by atomic mass is 10.1. The first-order valence-electron chi connectivity index (χ1n) is 11.6. The molecular weight excluding hydrogens is 418 g/mol. The van der Waals surface area contributed by atoms with E-state index in [-0.39, 0.29) is 16.7 Å². The lowest BCUT2D eigenvalue weighted by molar-refractivity contribution is -0.130. The van der Waals surface area contributed by atoms with Crippen molar-refractivity contribution < 1.29 is 4.79 Å². The molecule has 2 aromatic carbocycles. The molecule has 0 bridgehead atoms. The average molecular weight is 450 g/mol. The van der Waals surface area contributed by atoms with Gasteiger partial charge in [-0.1, -0.05) is 67.1 Å². The second kappa shape index (κ2) is 10.8. The summed E-state index contributed by atoms with van der Waals surface area (Å²) >= 11 is 1.41. The molecule has 0 radical (unpaired) electrons. The second-order valence-electron chi connectivity index (χ2n) is 8.46. The number of rotatable bonds is 7. The van der Waals surface area contributed by atoms with E-state index in [1.54, 1.807) is 4.57 Å². The van der Waals surface area contributed by atoms with E-state index >= 15 is 0 Å². The molecule has 5 nitrogen and oxygen atoms in total. The Labute approximate surface area is 193 Å². The van der Waals surface area contributed by atoms with Crippen LogP contribution in [0.4, 0.5) is 0 Å². The molecule has 1 aromatic heterocycles. The summed E-state index contributed by atoms with van der Waals surface area (Å²) in [7, 11) is 0. The van der Waals surface area contributed by atoms with Crippen molar-refractivity contribution >= 4 is 28.6 Å². The summed E-state index contributed by atoms with van der Waals surface area (Å²) in [5.41, 5.74) is 1.92. The first-order valence-corrected chi connectivity index (χ1v) is 12.5. The molecule has 1 aliphatic heterocycles. The summed E-state index contributed by atoms with van der Waals surface area (Å²) in [6.07, 6.45) is 6.26. The quantitative estimate of drug-likeness (QED) is 0.380. The third-order valence-corrected chi connectivity index (χ3v) is 7.14. The first-order chi connectivity index (χ1) is 15.6. The van der Waals surface area contributed by atoms with Crippen molar-refractivity contribution in [3.8, 4) is 0 Å². The maximum Gasteiger partial charge on any atom is 0.262 e. The Morgan fingerprint density at radius 3 is 2.44 bits per heavy atom. The van der Waals surface area contributed by atoms with E-state index in [0.717, 1.165) is 38.8 Å². The van der Waals surface area contributed by atoms with Crippen molar-refractivity contribution in [2.24, 2.45) is 0 Å². The number of amides is 1. The third-order valence-electron chi connectivity index (χ3n) is 6.06. The van der Waals surface area contributed by atoms with Crippen molar-refractivity contribution in [1.82, 2.24) is 14.5 Å². The zero-order valence-corrected chi connectivity index (χ0v) is 19.5. The van der Waals surface area contributed by atoms with Crippen molar-refractivity contribution in [2.75, 3.05) is 13.1 Å². The highest BCUT2D eigenvalue weighted by Crippen LogP contribution is 2.25. The van der Waals surface area contributed by atoms with Crippen molar-refractivity contribution in [1.29, 1.82) is 0 Å². The maximum absolute atomic E-state index is 13.3. The van der Waals surface area contributed by atoms with Gasteiger partial charge in [0.25, 0.3) is 5.56 Å². The monoisotopic (exact) mass is 449 g/mol.